The number of hydrogen-bond donors (Lipinski definition) is 0. The minimum absolute atomic E-state index is 0.781. The molecule has 0 fully saturated rings. The van der Waals surface area contributed by atoms with Crippen LogP contribution in [0.25, 0.3) is 56.4 Å². The Bertz CT molecular complexity index is 1640. The van der Waals surface area contributed by atoms with Crippen LogP contribution in [-0.2, 0) is 0 Å². The van der Waals surface area contributed by atoms with Gasteiger partial charge in [0, 0.05) is 11.1 Å². The third kappa shape index (κ3) is 5.31. The molecule has 0 N–H and O–H groups in total. The first kappa shape index (κ1) is 25.0. The third-order valence-electron chi connectivity index (χ3n) is 6.73. The van der Waals surface area contributed by atoms with Crippen molar-refractivity contribution in [2.75, 3.05) is 14.2 Å². The van der Waals surface area contributed by atoms with Crippen LogP contribution >= 0.6 is 0 Å². The zero-order chi connectivity index (χ0) is 27.3. The summed E-state index contributed by atoms with van der Waals surface area (Å²) in [5.41, 5.74) is 9.05. The summed E-state index contributed by atoms with van der Waals surface area (Å²) in [6, 6.07) is 42.3. The van der Waals surface area contributed by atoms with E-state index in [0.717, 1.165) is 67.9 Å². The molecule has 5 heteroatoms. The zero-order valence-corrected chi connectivity index (χ0v) is 22.3. The van der Waals surface area contributed by atoms with Crippen molar-refractivity contribution in [3.8, 4) is 67.9 Å². The first-order valence-corrected chi connectivity index (χ1v) is 13.0. The van der Waals surface area contributed by atoms with E-state index in [2.05, 4.69) is 24.3 Å². The normalized spacial score (nSPS) is 10.8. The second-order valence-electron chi connectivity index (χ2n) is 9.27. The zero-order valence-electron chi connectivity index (χ0n) is 22.3. The highest BCUT2D eigenvalue weighted by atomic mass is 16.5. The average molecular weight is 522 g/mol. The molecule has 6 rings (SSSR count). The molecule has 0 unspecified atom stereocenters. The number of rotatable bonds is 7. The predicted octanol–water partition coefficient (Wildman–Crippen LogP) is 8.22. The van der Waals surface area contributed by atoms with Gasteiger partial charge in [0.1, 0.15) is 11.5 Å². The Hall–Kier alpha value is -5.29. The molecular formula is C35H27N3O2. The molecular weight excluding hydrogens is 494 g/mol. The van der Waals surface area contributed by atoms with Crippen molar-refractivity contribution >= 4 is 0 Å². The fourth-order valence-corrected chi connectivity index (χ4v) is 4.59. The summed E-state index contributed by atoms with van der Waals surface area (Å²) in [4.78, 5) is 15.0. The van der Waals surface area contributed by atoms with Gasteiger partial charge in [-0.15, -0.1) is 0 Å². The van der Waals surface area contributed by atoms with Gasteiger partial charge < -0.3 is 9.47 Å². The molecule has 0 amide bonds. The number of ether oxygens (including phenoxy) is 2. The molecule has 3 aromatic carbocycles. The SMILES string of the molecule is COc1ccc(-c2cccc(-c3cc(-c4ccccc4)cc(-c4cccc(-c5ccc(OC)cc5)n4)n3)n2)cc1. The quantitative estimate of drug-likeness (QED) is 0.212. The molecule has 5 nitrogen and oxygen atoms in total. The lowest BCUT2D eigenvalue weighted by Gasteiger charge is -2.11. The van der Waals surface area contributed by atoms with Gasteiger partial charge in [0.2, 0.25) is 0 Å². The molecule has 3 heterocycles. The maximum atomic E-state index is 5.31. The lowest BCUT2D eigenvalue weighted by atomic mass is 10.0. The Labute approximate surface area is 233 Å². The summed E-state index contributed by atoms with van der Waals surface area (Å²) in [5.74, 6) is 1.62. The van der Waals surface area contributed by atoms with Crippen LogP contribution in [0.1, 0.15) is 0 Å². The van der Waals surface area contributed by atoms with E-state index in [4.69, 9.17) is 24.4 Å². The van der Waals surface area contributed by atoms with Gasteiger partial charge in [-0.05, 0) is 96.1 Å². The van der Waals surface area contributed by atoms with Gasteiger partial charge >= 0.3 is 0 Å². The summed E-state index contributed by atoms with van der Waals surface area (Å²) in [6.07, 6.45) is 0. The van der Waals surface area contributed by atoms with Gasteiger partial charge in [-0.25, -0.2) is 15.0 Å². The van der Waals surface area contributed by atoms with Gasteiger partial charge in [-0.2, -0.15) is 0 Å². The molecule has 0 spiro atoms. The lowest BCUT2D eigenvalue weighted by Crippen LogP contribution is -1.96. The average Bonchev–Trinajstić information content (AvgIpc) is 3.05. The number of aromatic nitrogens is 3. The summed E-state index contributed by atoms with van der Waals surface area (Å²) >= 11 is 0. The maximum Gasteiger partial charge on any atom is 0.118 e. The van der Waals surface area contributed by atoms with E-state index < -0.39 is 0 Å². The van der Waals surface area contributed by atoms with Crippen molar-refractivity contribution in [3.63, 3.8) is 0 Å². The molecule has 194 valence electrons. The van der Waals surface area contributed by atoms with Crippen LogP contribution in [0.4, 0.5) is 0 Å². The standard InChI is InChI=1S/C35H27N3O2/c1-39-28-18-14-25(15-19-28)30-10-6-12-32(36-30)34-22-27(24-8-4-3-5-9-24)23-35(38-34)33-13-7-11-31(37-33)26-16-20-29(40-2)21-17-26/h3-23H,1-2H3. The molecule has 0 aliphatic rings. The molecule has 0 aliphatic heterocycles. The van der Waals surface area contributed by atoms with E-state index in [1.807, 2.05) is 103 Å². The fourth-order valence-electron chi connectivity index (χ4n) is 4.59. The topological polar surface area (TPSA) is 57.1 Å². The number of pyridine rings is 3. The summed E-state index contributed by atoms with van der Waals surface area (Å²) in [6.45, 7) is 0. The third-order valence-corrected chi connectivity index (χ3v) is 6.73. The molecule has 0 saturated carbocycles. The fraction of sp³-hybridized carbons (Fsp3) is 0.0571. The van der Waals surface area contributed by atoms with Gasteiger partial charge in [0.05, 0.1) is 48.4 Å². The minimum atomic E-state index is 0.781. The molecule has 0 aliphatic carbocycles. The number of methoxy groups -OCH3 is 2. The van der Waals surface area contributed by atoms with Crippen LogP contribution in [0, 0.1) is 0 Å². The van der Waals surface area contributed by atoms with Crippen LogP contribution < -0.4 is 9.47 Å². The summed E-state index contributed by atoms with van der Waals surface area (Å²) in [5, 5.41) is 0. The van der Waals surface area contributed by atoms with Crippen LogP contribution in [0.2, 0.25) is 0 Å². The Morgan fingerprint density at radius 3 is 1.23 bits per heavy atom. The highest BCUT2D eigenvalue weighted by molar-refractivity contribution is 5.76. The molecule has 0 saturated heterocycles. The Kier molecular flexibility index (Phi) is 7.01. The lowest BCUT2D eigenvalue weighted by molar-refractivity contribution is 0.415. The Balaban J connectivity index is 1.45. The maximum absolute atomic E-state index is 5.31. The highest BCUT2D eigenvalue weighted by Gasteiger charge is 2.13. The number of benzene rings is 3. The number of hydrogen-bond acceptors (Lipinski definition) is 5. The first-order valence-electron chi connectivity index (χ1n) is 13.0. The molecule has 6 aromatic rings. The van der Waals surface area contributed by atoms with Gasteiger partial charge in [-0.3, -0.25) is 0 Å². The van der Waals surface area contributed by atoms with Crippen molar-refractivity contribution in [3.05, 3.63) is 127 Å². The second kappa shape index (κ2) is 11.2. The van der Waals surface area contributed by atoms with Crippen molar-refractivity contribution < 1.29 is 9.47 Å². The minimum Gasteiger partial charge on any atom is -0.497 e. The molecule has 0 bridgehead atoms. The second-order valence-corrected chi connectivity index (χ2v) is 9.27. The van der Waals surface area contributed by atoms with Crippen LogP contribution in [0.3, 0.4) is 0 Å². The Morgan fingerprint density at radius 1 is 0.350 bits per heavy atom. The van der Waals surface area contributed by atoms with Crippen molar-refractivity contribution in [1.29, 1.82) is 0 Å². The molecule has 3 aromatic heterocycles. The van der Waals surface area contributed by atoms with Gasteiger partial charge in [-0.1, -0.05) is 42.5 Å². The van der Waals surface area contributed by atoms with E-state index in [9.17, 15) is 0 Å². The summed E-state index contributed by atoms with van der Waals surface area (Å²) < 4.78 is 10.6. The summed E-state index contributed by atoms with van der Waals surface area (Å²) in [7, 11) is 3.33. The van der Waals surface area contributed by atoms with Crippen LogP contribution in [-0.4, -0.2) is 29.2 Å². The van der Waals surface area contributed by atoms with Crippen molar-refractivity contribution in [2.45, 2.75) is 0 Å². The predicted molar refractivity (Wildman–Crippen MR) is 160 cm³/mol. The van der Waals surface area contributed by atoms with Crippen molar-refractivity contribution in [2.24, 2.45) is 0 Å². The first-order chi connectivity index (χ1) is 19.7. The monoisotopic (exact) mass is 521 g/mol. The largest absolute Gasteiger partial charge is 0.497 e. The van der Waals surface area contributed by atoms with Crippen LogP contribution in [0.15, 0.2) is 127 Å². The van der Waals surface area contributed by atoms with E-state index in [1.54, 1.807) is 14.2 Å². The van der Waals surface area contributed by atoms with Gasteiger partial charge in [0.25, 0.3) is 0 Å². The highest BCUT2D eigenvalue weighted by Crippen LogP contribution is 2.31. The van der Waals surface area contributed by atoms with Crippen LogP contribution in [0.5, 0.6) is 11.5 Å². The Morgan fingerprint density at radius 2 is 0.775 bits per heavy atom. The molecule has 0 atom stereocenters. The smallest absolute Gasteiger partial charge is 0.118 e. The van der Waals surface area contributed by atoms with E-state index in [0.29, 0.717) is 0 Å². The number of nitrogens with zero attached hydrogens (tertiary/aromatic N) is 3. The van der Waals surface area contributed by atoms with E-state index in [1.165, 1.54) is 0 Å². The van der Waals surface area contributed by atoms with Gasteiger partial charge in [0.15, 0.2) is 0 Å². The molecule has 40 heavy (non-hydrogen) atoms. The van der Waals surface area contributed by atoms with E-state index >= 15 is 0 Å². The van der Waals surface area contributed by atoms with E-state index in [-0.39, 0.29) is 0 Å². The van der Waals surface area contributed by atoms with Crippen molar-refractivity contribution in [1.82, 2.24) is 15.0 Å². The molecule has 0 radical (unpaired) electrons.